The Morgan fingerprint density at radius 1 is 1.29 bits per heavy atom. The molecule has 0 spiro atoms. The summed E-state index contributed by atoms with van der Waals surface area (Å²) in [4.78, 5) is 2.45. The van der Waals surface area contributed by atoms with E-state index in [2.05, 4.69) is 22.0 Å². The van der Waals surface area contributed by atoms with E-state index >= 15 is 0 Å². The molecule has 2 rings (SSSR count). The maximum Gasteiger partial charge on any atom is 0.119 e. The molecule has 0 radical (unpaired) electrons. The standard InChI is InChI=1S/C12H22N4O/c1-2-12(9-17)4-3-5-15(8-12)6-7-16-10-13-14-11-16/h10-11,17H,2-9H2,1H3. The molecule has 1 atom stereocenters. The Bertz CT molecular complexity index is 321. The molecule has 1 aliphatic heterocycles. The minimum Gasteiger partial charge on any atom is -0.396 e. The molecule has 1 aromatic heterocycles. The third kappa shape index (κ3) is 3.04. The monoisotopic (exact) mass is 238 g/mol. The van der Waals surface area contributed by atoms with E-state index in [1.807, 2.05) is 4.57 Å². The zero-order chi connectivity index (χ0) is 12.1. The van der Waals surface area contributed by atoms with Gasteiger partial charge >= 0.3 is 0 Å². The van der Waals surface area contributed by atoms with Crippen molar-refractivity contribution in [3.05, 3.63) is 12.7 Å². The highest BCUT2D eigenvalue weighted by atomic mass is 16.3. The van der Waals surface area contributed by atoms with Gasteiger partial charge in [0, 0.05) is 31.7 Å². The Morgan fingerprint density at radius 3 is 2.71 bits per heavy atom. The summed E-state index contributed by atoms with van der Waals surface area (Å²) in [6.45, 7) is 6.59. The van der Waals surface area contributed by atoms with Crippen molar-refractivity contribution >= 4 is 0 Å². The largest absolute Gasteiger partial charge is 0.396 e. The zero-order valence-electron chi connectivity index (χ0n) is 10.5. The summed E-state index contributed by atoms with van der Waals surface area (Å²) in [6, 6.07) is 0. The van der Waals surface area contributed by atoms with Crippen LogP contribution in [0.2, 0.25) is 0 Å². The summed E-state index contributed by atoms with van der Waals surface area (Å²) in [6.07, 6.45) is 6.92. The number of hydrogen-bond donors (Lipinski definition) is 1. The van der Waals surface area contributed by atoms with E-state index < -0.39 is 0 Å². The molecule has 1 N–H and O–H groups in total. The average molecular weight is 238 g/mol. The first-order valence-electron chi connectivity index (χ1n) is 6.44. The summed E-state index contributed by atoms with van der Waals surface area (Å²) in [7, 11) is 0. The predicted octanol–water partition coefficient (Wildman–Crippen LogP) is 0.763. The number of aliphatic hydroxyl groups excluding tert-OH is 1. The highest BCUT2D eigenvalue weighted by Crippen LogP contribution is 2.32. The van der Waals surface area contributed by atoms with Crippen molar-refractivity contribution in [2.45, 2.75) is 32.7 Å². The number of aliphatic hydroxyl groups is 1. The zero-order valence-corrected chi connectivity index (χ0v) is 10.5. The van der Waals surface area contributed by atoms with Gasteiger partial charge < -0.3 is 14.6 Å². The van der Waals surface area contributed by atoms with E-state index in [1.165, 1.54) is 6.42 Å². The Kier molecular flexibility index (Phi) is 4.12. The molecule has 1 saturated heterocycles. The first kappa shape index (κ1) is 12.5. The van der Waals surface area contributed by atoms with Gasteiger partial charge in [0.2, 0.25) is 0 Å². The van der Waals surface area contributed by atoms with Gasteiger partial charge in [-0.2, -0.15) is 0 Å². The van der Waals surface area contributed by atoms with Crippen LogP contribution in [0, 0.1) is 5.41 Å². The van der Waals surface area contributed by atoms with Gasteiger partial charge in [0.1, 0.15) is 12.7 Å². The van der Waals surface area contributed by atoms with Crippen molar-refractivity contribution in [1.82, 2.24) is 19.7 Å². The van der Waals surface area contributed by atoms with Crippen molar-refractivity contribution < 1.29 is 5.11 Å². The normalized spacial score (nSPS) is 26.2. The van der Waals surface area contributed by atoms with Crippen LogP contribution in [0.5, 0.6) is 0 Å². The van der Waals surface area contributed by atoms with E-state index in [0.29, 0.717) is 6.61 Å². The van der Waals surface area contributed by atoms with Gasteiger partial charge in [-0.15, -0.1) is 10.2 Å². The van der Waals surface area contributed by atoms with Crippen molar-refractivity contribution in [2.24, 2.45) is 5.41 Å². The van der Waals surface area contributed by atoms with Gasteiger partial charge in [-0.3, -0.25) is 0 Å². The Balaban J connectivity index is 1.85. The fourth-order valence-electron chi connectivity index (χ4n) is 2.62. The van der Waals surface area contributed by atoms with Crippen LogP contribution in [-0.2, 0) is 6.54 Å². The van der Waals surface area contributed by atoms with Gasteiger partial charge in [-0.05, 0) is 25.8 Å². The minimum atomic E-state index is 0.130. The van der Waals surface area contributed by atoms with E-state index in [0.717, 1.165) is 39.0 Å². The highest BCUT2D eigenvalue weighted by Gasteiger charge is 2.32. The van der Waals surface area contributed by atoms with Gasteiger partial charge in [0.05, 0.1) is 0 Å². The minimum absolute atomic E-state index is 0.130. The highest BCUT2D eigenvalue weighted by molar-refractivity contribution is 4.85. The second-order valence-corrected chi connectivity index (χ2v) is 5.09. The average Bonchev–Trinajstić information content (AvgIpc) is 2.90. The van der Waals surface area contributed by atoms with Crippen LogP contribution in [0.15, 0.2) is 12.7 Å². The number of piperidine rings is 1. The second kappa shape index (κ2) is 5.60. The van der Waals surface area contributed by atoms with Gasteiger partial charge in [-0.1, -0.05) is 6.92 Å². The van der Waals surface area contributed by atoms with Crippen LogP contribution in [-0.4, -0.2) is 51.0 Å². The topological polar surface area (TPSA) is 54.2 Å². The quantitative estimate of drug-likeness (QED) is 0.823. The van der Waals surface area contributed by atoms with E-state index in [4.69, 9.17) is 0 Å². The third-order valence-corrected chi connectivity index (χ3v) is 3.97. The lowest BCUT2D eigenvalue weighted by Crippen LogP contribution is -2.45. The summed E-state index contributed by atoms with van der Waals surface area (Å²) >= 11 is 0. The summed E-state index contributed by atoms with van der Waals surface area (Å²) in [5.41, 5.74) is 0.130. The molecule has 1 fully saturated rings. The Hall–Kier alpha value is -0.940. The number of nitrogens with zero attached hydrogens (tertiary/aromatic N) is 4. The molecule has 96 valence electrons. The van der Waals surface area contributed by atoms with Gasteiger partial charge in [0.25, 0.3) is 0 Å². The maximum atomic E-state index is 9.56. The maximum absolute atomic E-state index is 9.56. The molecule has 0 saturated carbocycles. The molecule has 1 unspecified atom stereocenters. The molecule has 1 aromatic rings. The van der Waals surface area contributed by atoms with E-state index in [-0.39, 0.29) is 5.41 Å². The van der Waals surface area contributed by atoms with Crippen LogP contribution in [0.25, 0.3) is 0 Å². The molecule has 0 aromatic carbocycles. The molecule has 17 heavy (non-hydrogen) atoms. The van der Waals surface area contributed by atoms with E-state index in [9.17, 15) is 5.11 Å². The smallest absolute Gasteiger partial charge is 0.119 e. The lowest BCUT2D eigenvalue weighted by Gasteiger charge is -2.41. The van der Waals surface area contributed by atoms with Crippen LogP contribution in [0.3, 0.4) is 0 Å². The molecular formula is C12H22N4O. The molecule has 0 bridgehead atoms. The van der Waals surface area contributed by atoms with Crippen molar-refractivity contribution in [2.75, 3.05) is 26.2 Å². The third-order valence-electron chi connectivity index (χ3n) is 3.97. The van der Waals surface area contributed by atoms with Crippen molar-refractivity contribution in [1.29, 1.82) is 0 Å². The number of aromatic nitrogens is 3. The predicted molar refractivity (Wildman–Crippen MR) is 65.5 cm³/mol. The molecule has 5 nitrogen and oxygen atoms in total. The molecule has 2 heterocycles. The van der Waals surface area contributed by atoms with Crippen molar-refractivity contribution in [3.8, 4) is 0 Å². The van der Waals surface area contributed by atoms with Crippen LogP contribution in [0.4, 0.5) is 0 Å². The first-order valence-corrected chi connectivity index (χ1v) is 6.44. The van der Waals surface area contributed by atoms with Gasteiger partial charge in [-0.25, -0.2) is 0 Å². The number of hydrogen-bond acceptors (Lipinski definition) is 4. The number of likely N-dealkylation sites (tertiary alicyclic amines) is 1. The Morgan fingerprint density at radius 2 is 2.06 bits per heavy atom. The Labute approximate surface area is 102 Å². The SMILES string of the molecule is CCC1(CO)CCCN(CCn2cnnc2)C1. The first-order chi connectivity index (χ1) is 8.28. The molecule has 5 heteroatoms. The second-order valence-electron chi connectivity index (χ2n) is 5.09. The lowest BCUT2D eigenvalue weighted by atomic mass is 9.78. The number of rotatable bonds is 5. The molecule has 1 aliphatic rings. The van der Waals surface area contributed by atoms with Crippen molar-refractivity contribution in [3.63, 3.8) is 0 Å². The van der Waals surface area contributed by atoms with E-state index in [1.54, 1.807) is 12.7 Å². The fraction of sp³-hybridized carbons (Fsp3) is 0.833. The lowest BCUT2D eigenvalue weighted by molar-refractivity contribution is 0.0279. The van der Waals surface area contributed by atoms with Gasteiger partial charge in [0.15, 0.2) is 0 Å². The molecular weight excluding hydrogens is 216 g/mol. The molecule has 0 aliphatic carbocycles. The summed E-state index contributed by atoms with van der Waals surface area (Å²) < 4.78 is 2.00. The summed E-state index contributed by atoms with van der Waals surface area (Å²) in [5, 5.41) is 17.2. The fourth-order valence-corrected chi connectivity index (χ4v) is 2.62. The summed E-state index contributed by atoms with van der Waals surface area (Å²) in [5.74, 6) is 0. The van der Waals surface area contributed by atoms with Crippen LogP contribution >= 0.6 is 0 Å². The van der Waals surface area contributed by atoms with Crippen LogP contribution < -0.4 is 0 Å². The molecule has 0 amide bonds. The van der Waals surface area contributed by atoms with Crippen LogP contribution in [0.1, 0.15) is 26.2 Å².